The molecule has 2 rings (SSSR count). The Morgan fingerprint density at radius 1 is 1.63 bits per heavy atom. The first-order chi connectivity index (χ1) is 9.02. The van der Waals surface area contributed by atoms with Gasteiger partial charge in [-0.3, -0.25) is 4.79 Å². The highest BCUT2D eigenvalue weighted by molar-refractivity contribution is 9.10. The molecule has 1 aliphatic rings. The summed E-state index contributed by atoms with van der Waals surface area (Å²) in [6, 6.07) is 4.11. The second-order valence-electron chi connectivity index (χ2n) is 4.57. The molecule has 0 aromatic heterocycles. The number of benzene rings is 1. The van der Waals surface area contributed by atoms with Crippen molar-refractivity contribution in [2.24, 2.45) is 0 Å². The number of hydrogen-bond acceptors (Lipinski definition) is 3. The number of carbonyl (C=O) groups is 1. The molecule has 1 saturated heterocycles. The lowest BCUT2D eigenvalue weighted by molar-refractivity contribution is -0.0667. The molecule has 1 aromatic carbocycles. The highest BCUT2D eigenvalue weighted by atomic mass is 79.9. The Morgan fingerprint density at radius 3 is 3.00 bits per heavy atom. The Labute approximate surface area is 119 Å². The average Bonchev–Trinajstić information content (AvgIpc) is 2.41. The Morgan fingerprint density at radius 2 is 2.37 bits per heavy atom. The topological polar surface area (TPSA) is 49.8 Å². The largest absolute Gasteiger partial charge is 0.394 e. The molecule has 1 aliphatic heterocycles. The van der Waals surface area contributed by atoms with Crippen molar-refractivity contribution in [3.8, 4) is 0 Å². The van der Waals surface area contributed by atoms with Crippen LogP contribution in [0.2, 0.25) is 0 Å². The standard InChI is InChI=1S/C13H15BrFNO3/c1-8-7-19-10(6-17)5-16(8)13(18)9-2-3-12(15)11(14)4-9/h2-4,8,10,17H,5-7H2,1H3/t8-,10-/m1/s1. The van der Waals surface area contributed by atoms with E-state index in [0.717, 1.165) is 0 Å². The summed E-state index contributed by atoms with van der Waals surface area (Å²) in [6.45, 7) is 2.48. The van der Waals surface area contributed by atoms with Crippen LogP contribution in [0.3, 0.4) is 0 Å². The van der Waals surface area contributed by atoms with Crippen LogP contribution in [-0.2, 0) is 4.74 Å². The van der Waals surface area contributed by atoms with Gasteiger partial charge in [0.15, 0.2) is 0 Å². The third-order valence-electron chi connectivity index (χ3n) is 3.14. The molecule has 0 unspecified atom stereocenters. The fourth-order valence-electron chi connectivity index (χ4n) is 2.01. The smallest absolute Gasteiger partial charge is 0.254 e. The van der Waals surface area contributed by atoms with Crippen molar-refractivity contribution >= 4 is 21.8 Å². The van der Waals surface area contributed by atoms with Crippen LogP contribution in [-0.4, -0.2) is 47.8 Å². The minimum Gasteiger partial charge on any atom is -0.394 e. The zero-order chi connectivity index (χ0) is 14.0. The molecule has 104 valence electrons. The molecule has 0 bridgehead atoms. The van der Waals surface area contributed by atoms with E-state index in [1.54, 1.807) is 4.90 Å². The average molecular weight is 332 g/mol. The van der Waals surface area contributed by atoms with Crippen molar-refractivity contribution in [3.63, 3.8) is 0 Å². The summed E-state index contributed by atoms with van der Waals surface area (Å²) in [4.78, 5) is 14.0. The maximum atomic E-state index is 13.2. The van der Waals surface area contributed by atoms with Crippen LogP contribution in [0.4, 0.5) is 4.39 Å². The molecule has 0 saturated carbocycles. The van der Waals surface area contributed by atoms with Gasteiger partial charge in [0.25, 0.3) is 5.91 Å². The van der Waals surface area contributed by atoms with E-state index in [2.05, 4.69) is 15.9 Å². The fraction of sp³-hybridized carbons (Fsp3) is 0.462. The fourth-order valence-corrected chi connectivity index (χ4v) is 2.38. The van der Waals surface area contributed by atoms with Crippen molar-refractivity contribution in [2.45, 2.75) is 19.1 Å². The van der Waals surface area contributed by atoms with Gasteiger partial charge in [-0.2, -0.15) is 0 Å². The molecule has 0 spiro atoms. The summed E-state index contributed by atoms with van der Waals surface area (Å²) in [6.07, 6.45) is -0.357. The number of amides is 1. The van der Waals surface area contributed by atoms with E-state index < -0.39 is 5.82 Å². The first-order valence-corrected chi connectivity index (χ1v) is 6.80. The number of hydrogen-bond donors (Lipinski definition) is 1. The van der Waals surface area contributed by atoms with Gasteiger partial charge in [0.2, 0.25) is 0 Å². The molecular formula is C13H15BrFNO3. The van der Waals surface area contributed by atoms with Crippen LogP contribution in [0.25, 0.3) is 0 Å². The molecule has 2 atom stereocenters. The van der Waals surface area contributed by atoms with Crippen LogP contribution in [0, 0.1) is 5.82 Å². The SMILES string of the molecule is C[C@@H]1CO[C@@H](CO)CN1C(=O)c1ccc(F)c(Br)c1. The third-order valence-corrected chi connectivity index (χ3v) is 3.74. The minimum atomic E-state index is -0.403. The predicted molar refractivity (Wildman–Crippen MR) is 71.4 cm³/mol. The summed E-state index contributed by atoms with van der Waals surface area (Å²) in [5.74, 6) is -0.588. The van der Waals surface area contributed by atoms with E-state index in [4.69, 9.17) is 9.84 Å². The van der Waals surface area contributed by atoms with Crippen LogP contribution < -0.4 is 0 Å². The number of ether oxygens (including phenoxy) is 1. The number of aliphatic hydroxyl groups is 1. The molecular weight excluding hydrogens is 317 g/mol. The van der Waals surface area contributed by atoms with E-state index in [1.807, 2.05) is 6.92 Å². The quantitative estimate of drug-likeness (QED) is 0.899. The van der Waals surface area contributed by atoms with Gasteiger partial charge in [0, 0.05) is 12.1 Å². The lowest BCUT2D eigenvalue weighted by Crippen LogP contribution is -2.52. The number of halogens is 2. The highest BCUT2D eigenvalue weighted by Gasteiger charge is 2.30. The van der Waals surface area contributed by atoms with Gasteiger partial charge in [-0.05, 0) is 41.1 Å². The highest BCUT2D eigenvalue weighted by Crippen LogP contribution is 2.20. The van der Waals surface area contributed by atoms with Crippen molar-refractivity contribution in [1.29, 1.82) is 0 Å². The summed E-state index contributed by atoms with van der Waals surface area (Å²) >= 11 is 3.07. The maximum Gasteiger partial charge on any atom is 0.254 e. The molecule has 1 amide bonds. The van der Waals surface area contributed by atoms with Gasteiger partial charge in [-0.1, -0.05) is 0 Å². The van der Waals surface area contributed by atoms with E-state index in [1.165, 1.54) is 18.2 Å². The van der Waals surface area contributed by atoms with Crippen molar-refractivity contribution in [1.82, 2.24) is 4.90 Å². The number of morpholine rings is 1. The molecule has 1 heterocycles. The number of rotatable bonds is 2. The molecule has 0 aliphatic carbocycles. The summed E-state index contributed by atoms with van der Waals surface area (Å²) in [7, 11) is 0. The molecule has 4 nitrogen and oxygen atoms in total. The molecule has 1 fully saturated rings. The first-order valence-electron chi connectivity index (χ1n) is 6.01. The molecule has 1 N–H and O–H groups in total. The van der Waals surface area contributed by atoms with Gasteiger partial charge < -0.3 is 14.7 Å². The monoisotopic (exact) mass is 331 g/mol. The van der Waals surface area contributed by atoms with Crippen LogP contribution in [0.1, 0.15) is 17.3 Å². The normalized spacial score (nSPS) is 23.5. The first kappa shape index (κ1) is 14.4. The van der Waals surface area contributed by atoms with E-state index in [9.17, 15) is 9.18 Å². The van der Waals surface area contributed by atoms with E-state index >= 15 is 0 Å². The van der Waals surface area contributed by atoms with Gasteiger partial charge in [-0.15, -0.1) is 0 Å². The Balaban J connectivity index is 2.19. The summed E-state index contributed by atoms with van der Waals surface area (Å²) in [5, 5.41) is 9.11. The van der Waals surface area contributed by atoms with Crippen LogP contribution in [0.5, 0.6) is 0 Å². The van der Waals surface area contributed by atoms with Gasteiger partial charge in [0.05, 0.1) is 29.8 Å². The zero-order valence-electron chi connectivity index (χ0n) is 10.5. The van der Waals surface area contributed by atoms with Gasteiger partial charge in [-0.25, -0.2) is 4.39 Å². The van der Waals surface area contributed by atoms with Gasteiger partial charge in [0.1, 0.15) is 5.82 Å². The zero-order valence-corrected chi connectivity index (χ0v) is 12.1. The van der Waals surface area contributed by atoms with Gasteiger partial charge >= 0.3 is 0 Å². The second kappa shape index (κ2) is 5.98. The van der Waals surface area contributed by atoms with Crippen molar-refractivity contribution in [2.75, 3.05) is 19.8 Å². The molecule has 1 aromatic rings. The van der Waals surface area contributed by atoms with E-state index in [-0.39, 0.29) is 29.1 Å². The van der Waals surface area contributed by atoms with E-state index in [0.29, 0.717) is 18.7 Å². The second-order valence-corrected chi connectivity index (χ2v) is 5.43. The lowest BCUT2D eigenvalue weighted by atomic mass is 10.1. The Kier molecular flexibility index (Phi) is 4.54. The van der Waals surface area contributed by atoms with Crippen molar-refractivity contribution < 1.29 is 19.0 Å². The number of nitrogens with zero attached hydrogens (tertiary/aromatic N) is 1. The Hall–Kier alpha value is -0.980. The maximum absolute atomic E-state index is 13.2. The molecule has 19 heavy (non-hydrogen) atoms. The molecule has 6 heteroatoms. The van der Waals surface area contributed by atoms with Crippen molar-refractivity contribution in [3.05, 3.63) is 34.1 Å². The predicted octanol–water partition coefficient (Wildman–Crippen LogP) is 1.81. The number of aliphatic hydroxyl groups excluding tert-OH is 1. The molecule has 0 radical (unpaired) electrons. The minimum absolute atomic E-state index is 0.0703. The van der Waals surface area contributed by atoms with Crippen LogP contribution in [0.15, 0.2) is 22.7 Å². The summed E-state index contributed by atoms with van der Waals surface area (Å²) < 4.78 is 18.8. The number of carbonyl (C=O) groups excluding carboxylic acids is 1. The third kappa shape index (κ3) is 3.13. The lowest BCUT2D eigenvalue weighted by Gasteiger charge is -2.37. The summed E-state index contributed by atoms with van der Waals surface area (Å²) in [5.41, 5.74) is 0.415. The van der Waals surface area contributed by atoms with Crippen LogP contribution >= 0.6 is 15.9 Å². The Bertz CT molecular complexity index is 483.